The van der Waals surface area contributed by atoms with E-state index in [0.717, 1.165) is 26.1 Å². The van der Waals surface area contributed by atoms with Gasteiger partial charge >= 0.3 is 0 Å². The molecule has 0 amide bonds. The van der Waals surface area contributed by atoms with E-state index in [0.29, 0.717) is 6.04 Å². The average Bonchev–Trinajstić information content (AvgIpc) is 2.04. The Kier molecular flexibility index (Phi) is 3.88. The fraction of sp³-hybridized carbons (Fsp3) is 1.00. The molecule has 0 aromatic carbocycles. The molecule has 1 atom stereocenters. The van der Waals surface area contributed by atoms with Gasteiger partial charge in [-0.15, -0.1) is 0 Å². The molecular weight excluding hydrogens is 186 g/mol. The van der Waals surface area contributed by atoms with E-state index in [9.17, 15) is 4.21 Å². The van der Waals surface area contributed by atoms with Crippen molar-refractivity contribution in [1.82, 2.24) is 4.72 Å². The molecule has 1 saturated heterocycles. The van der Waals surface area contributed by atoms with E-state index in [2.05, 4.69) is 4.72 Å². The van der Waals surface area contributed by atoms with Gasteiger partial charge in [-0.2, -0.15) is 0 Å². The fourth-order valence-corrected chi connectivity index (χ4v) is 2.04. The third kappa shape index (κ3) is 3.75. The highest BCUT2D eigenvalue weighted by molar-refractivity contribution is 7.84. The molecule has 1 unspecified atom stereocenters. The maximum absolute atomic E-state index is 11.7. The van der Waals surface area contributed by atoms with Gasteiger partial charge in [-0.25, -0.2) is 8.93 Å². The SMILES string of the molecule is CC(C)(C)S(=O)NC1CCOCC1. The first-order valence-electron chi connectivity index (χ1n) is 4.76. The Morgan fingerprint density at radius 3 is 2.31 bits per heavy atom. The number of rotatable bonds is 2. The van der Waals surface area contributed by atoms with E-state index < -0.39 is 11.0 Å². The summed E-state index contributed by atoms with van der Waals surface area (Å²) in [6, 6.07) is 0.369. The first-order chi connectivity index (χ1) is 6.00. The van der Waals surface area contributed by atoms with Gasteiger partial charge in [0.15, 0.2) is 0 Å². The van der Waals surface area contributed by atoms with E-state index >= 15 is 0 Å². The van der Waals surface area contributed by atoms with Gasteiger partial charge < -0.3 is 4.74 Å². The summed E-state index contributed by atoms with van der Waals surface area (Å²) in [4.78, 5) is 0. The van der Waals surface area contributed by atoms with Crippen molar-refractivity contribution in [1.29, 1.82) is 0 Å². The topological polar surface area (TPSA) is 38.3 Å². The van der Waals surface area contributed by atoms with Crippen LogP contribution in [0.15, 0.2) is 0 Å². The summed E-state index contributed by atoms with van der Waals surface area (Å²) in [7, 11) is -0.940. The molecule has 78 valence electrons. The van der Waals surface area contributed by atoms with E-state index in [1.807, 2.05) is 20.8 Å². The highest BCUT2D eigenvalue weighted by atomic mass is 32.2. The van der Waals surface area contributed by atoms with E-state index in [4.69, 9.17) is 4.74 Å². The second kappa shape index (κ2) is 4.53. The Bertz CT molecular complexity index is 183. The van der Waals surface area contributed by atoms with Crippen molar-refractivity contribution in [2.75, 3.05) is 13.2 Å². The summed E-state index contributed by atoms with van der Waals surface area (Å²) in [5.41, 5.74) is 0. The minimum atomic E-state index is -0.940. The zero-order chi connectivity index (χ0) is 9.90. The van der Waals surface area contributed by atoms with Gasteiger partial charge in [0, 0.05) is 19.3 Å². The molecule has 1 aliphatic rings. The summed E-state index contributed by atoms with van der Waals surface area (Å²) in [5.74, 6) is 0. The Morgan fingerprint density at radius 1 is 1.31 bits per heavy atom. The van der Waals surface area contributed by atoms with Crippen LogP contribution < -0.4 is 4.72 Å². The van der Waals surface area contributed by atoms with Crippen molar-refractivity contribution >= 4 is 11.0 Å². The lowest BCUT2D eigenvalue weighted by molar-refractivity contribution is 0.0834. The minimum Gasteiger partial charge on any atom is -0.381 e. The monoisotopic (exact) mass is 205 g/mol. The minimum absolute atomic E-state index is 0.168. The van der Waals surface area contributed by atoms with Crippen LogP contribution in [0.1, 0.15) is 33.6 Å². The Labute approximate surface area is 82.8 Å². The van der Waals surface area contributed by atoms with Crippen molar-refractivity contribution < 1.29 is 8.95 Å². The van der Waals surface area contributed by atoms with Gasteiger partial charge in [-0.3, -0.25) is 0 Å². The molecule has 0 bridgehead atoms. The zero-order valence-electron chi connectivity index (χ0n) is 8.63. The van der Waals surface area contributed by atoms with Crippen LogP contribution in [0.5, 0.6) is 0 Å². The third-order valence-corrected chi connectivity index (χ3v) is 3.71. The van der Waals surface area contributed by atoms with Gasteiger partial charge in [0.1, 0.15) is 0 Å². The van der Waals surface area contributed by atoms with Crippen molar-refractivity contribution in [3.05, 3.63) is 0 Å². The standard InChI is InChI=1S/C9H19NO2S/c1-9(2,3)13(11)10-8-4-6-12-7-5-8/h8,10H,4-7H2,1-3H3. The molecule has 0 saturated carbocycles. The van der Waals surface area contributed by atoms with Gasteiger partial charge in [0.05, 0.1) is 15.7 Å². The van der Waals surface area contributed by atoms with Crippen molar-refractivity contribution in [2.45, 2.75) is 44.4 Å². The summed E-state index contributed by atoms with van der Waals surface area (Å²) in [5, 5.41) is 0. The highest BCUT2D eigenvalue weighted by Crippen LogP contribution is 2.13. The third-order valence-electron chi connectivity index (χ3n) is 2.05. The second-order valence-corrected chi connectivity index (χ2v) is 6.38. The quantitative estimate of drug-likeness (QED) is 0.736. The summed E-state index contributed by atoms with van der Waals surface area (Å²) in [6.45, 7) is 7.53. The van der Waals surface area contributed by atoms with Gasteiger partial charge in [-0.1, -0.05) is 0 Å². The molecule has 1 rings (SSSR count). The van der Waals surface area contributed by atoms with Crippen LogP contribution in [0, 0.1) is 0 Å². The first-order valence-corrected chi connectivity index (χ1v) is 5.91. The zero-order valence-corrected chi connectivity index (χ0v) is 9.45. The van der Waals surface area contributed by atoms with Crippen LogP contribution in [0.2, 0.25) is 0 Å². The molecule has 0 aliphatic carbocycles. The molecular formula is C9H19NO2S. The molecule has 0 spiro atoms. The number of nitrogens with one attached hydrogen (secondary N) is 1. The van der Waals surface area contributed by atoms with Crippen LogP contribution in [0.25, 0.3) is 0 Å². The Balaban J connectivity index is 2.35. The van der Waals surface area contributed by atoms with Gasteiger partial charge in [0.25, 0.3) is 0 Å². The Morgan fingerprint density at radius 2 is 1.85 bits per heavy atom. The lowest BCUT2D eigenvalue weighted by Gasteiger charge is -2.26. The molecule has 1 fully saturated rings. The molecule has 1 aliphatic heterocycles. The predicted octanol–water partition coefficient (Wildman–Crippen LogP) is 1.22. The number of hydrogen-bond donors (Lipinski definition) is 1. The molecule has 0 aromatic rings. The largest absolute Gasteiger partial charge is 0.381 e. The molecule has 0 aromatic heterocycles. The first kappa shape index (κ1) is 11.1. The fourth-order valence-electron chi connectivity index (χ4n) is 1.14. The van der Waals surface area contributed by atoms with Crippen molar-refractivity contribution in [2.24, 2.45) is 0 Å². The molecule has 1 heterocycles. The molecule has 0 radical (unpaired) electrons. The summed E-state index contributed by atoms with van der Waals surface area (Å²) >= 11 is 0. The molecule has 13 heavy (non-hydrogen) atoms. The van der Waals surface area contributed by atoms with Crippen LogP contribution >= 0.6 is 0 Å². The number of hydrogen-bond acceptors (Lipinski definition) is 2. The smallest absolute Gasteiger partial charge is 0.0972 e. The van der Waals surface area contributed by atoms with Gasteiger partial charge in [-0.05, 0) is 33.6 Å². The highest BCUT2D eigenvalue weighted by Gasteiger charge is 2.23. The molecule has 3 nitrogen and oxygen atoms in total. The predicted molar refractivity (Wildman–Crippen MR) is 54.9 cm³/mol. The van der Waals surface area contributed by atoms with Crippen molar-refractivity contribution in [3.8, 4) is 0 Å². The van der Waals surface area contributed by atoms with Crippen LogP contribution in [0.4, 0.5) is 0 Å². The van der Waals surface area contributed by atoms with E-state index in [1.54, 1.807) is 0 Å². The normalized spacial score (nSPS) is 23.0. The molecule has 1 N–H and O–H groups in total. The Hall–Kier alpha value is 0.0700. The lowest BCUT2D eigenvalue weighted by atomic mass is 10.1. The number of ether oxygens (including phenoxy) is 1. The average molecular weight is 205 g/mol. The van der Waals surface area contributed by atoms with E-state index in [1.165, 1.54) is 0 Å². The van der Waals surface area contributed by atoms with Crippen molar-refractivity contribution in [3.63, 3.8) is 0 Å². The van der Waals surface area contributed by atoms with E-state index in [-0.39, 0.29) is 4.75 Å². The van der Waals surface area contributed by atoms with Crippen LogP contribution in [-0.4, -0.2) is 28.2 Å². The van der Waals surface area contributed by atoms with Crippen LogP contribution in [0.3, 0.4) is 0 Å². The maximum atomic E-state index is 11.7. The summed E-state index contributed by atoms with van der Waals surface area (Å²) < 4.78 is 19.9. The second-order valence-electron chi connectivity index (χ2n) is 4.39. The lowest BCUT2D eigenvalue weighted by Crippen LogP contribution is -2.42. The van der Waals surface area contributed by atoms with Crippen LogP contribution in [-0.2, 0) is 15.7 Å². The van der Waals surface area contributed by atoms with Gasteiger partial charge in [0.2, 0.25) is 0 Å². The molecule has 4 heteroatoms. The summed E-state index contributed by atoms with van der Waals surface area (Å²) in [6.07, 6.45) is 1.95. The maximum Gasteiger partial charge on any atom is 0.0972 e.